The van der Waals surface area contributed by atoms with Gasteiger partial charge in [-0.3, -0.25) is 9.89 Å². The van der Waals surface area contributed by atoms with E-state index >= 15 is 0 Å². The van der Waals surface area contributed by atoms with E-state index in [9.17, 15) is 4.79 Å². The van der Waals surface area contributed by atoms with Crippen molar-refractivity contribution in [3.8, 4) is 0 Å². The van der Waals surface area contributed by atoms with Crippen molar-refractivity contribution in [2.75, 3.05) is 13.1 Å². The van der Waals surface area contributed by atoms with Crippen LogP contribution in [-0.2, 0) is 0 Å². The van der Waals surface area contributed by atoms with Crippen LogP contribution in [0, 0.1) is 0 Å². The van der Waals surface area contributed by atoms with Crippen molar-refractivity contribution in [3.05, 3.63) is 28.9 Å². The topological polar surface area (TPSA) is 49.0 Å². The number of amides is 1. The standard InChI is InChI=1S/C12H12ClN3O/c13-10-6-8(5-9-7-14-15-11(9)10)12(17)16-3-1-2-4-16/h5-7H,1-4H2,(H,14,15). The number of likely N-dealkylation sites (tertiary alicyclic amines) is 1. The summed E-state index contributed by atoms with van der Waals surface area (Å²) in [6, 6.07) is 3.55. The van der Waals surface area contributed by atoms with Crippen LogP contribution in [0.15, 0.2) is 18.3 Å². The lowest BCUT2D eigenvalue weighted by Gasteiger charge is -2.15. The number of nitrogens with one attached hydrogen (secondary N) is 1. The molecule has 1 aromatic carbocycles. The molecule has 0 aliphatic carbocycles. The number of carbonyl (C=O) groups excluding carboxylic acids is 1. The Labute approximate surface area is 104 Å². The van der Waals surface area contributed by atoms with E-state index in [1.165, 1.54) is 0 Å². The normalized spacial score (nSPS) is 15.7. The molecule has 5 heteroatoms. The molecule has 0 atom stereocenters. The monoisotopic (exact) mass is 249 g/mol. The van der Waals surface area contributed by atoms with Crippen molar-refractivity contribution in [3.63, 3.8) is 0 Å². The lowest BCUT2D eigenvalue weighted by molar-refractivity contribution is 0.0793. The van der Waals surface area contributed by atoms with Gasteiger partial charge in [0.1, 0.15) is 0 Å². The van der Waals surface area contributed by atoms with Gasteiger partial charge in [-0.1, -0.05) is 11.6 Å². The SMILES string of the molecule is O=C(c1cc(Cl)c2[nH]ncc2c1)N1CCCC1. The zero-order chi connectivity index (χ0) is 11.8. The van der Waals surface area contributed by atoms with Gasteiger partial charge in [0.25, 0.3) is 5.91 Å². The van der Waals surface area contributed by atoms with Crippen LogP contribution in [0.1, 0.15) is 23.2 Å². The minimum Gasteiger partial charge on any atom is -0.339 e. The van der Waals surface area contributed by atoms with Crippen LogP contribution >= 0.6 is 11.6 Å². The van der Waals surface area contributed by atoms with Crippen LogP contribution in [0.5, 0.6) is 0 Å². The Morgan fingerprint density at radius 3 is 2.88 bits per heavy atom. The number of halogens is 1. The molecule has 1 fully saturated rings. The maximum Gasteiger partial charge on any atom is 0.253 e. The second-order valence-corrected chi connectivity index (χ2v) is 4.70. The minimum atomic E-state index is 0.0625. The quantitative estimate of drug-likeness (QED) is 0.844. The van der Waals surface area contributed by atoms with Crippen molar-refractivity contribution < 1.29 is 4.79 Å². The molecular formula is C12H12ClN3O. The van der Waals surface area contributed by atoms with Gasteiger partial charge in [0, 0.05) is 24.0 Å². The molecule has 1 saturated heterocycles. The molecular weight excluding hydrogens is 238 g/mol. The number of rotatable bonds is 1. The van der Waals surface area contributed by atoms with Gasteiger partial charge in [-0.05, 0) is 25.0 Å². The van der Waals surface area contributed by atoms with Gasteiger partial charge in [0.15, 0.2) is 0 Å². The van der Waals surface area contributed by atoms with Crippen LogP contribution in [0.2, 0.25) is 5.02 Å². The zero-order valence-corrected chi connectivity index (χ0v) is 10.00. The number of H-pyrrole nitrogens is 1. The van der Waals surface area contributed by atoms with Crippen molar-refractivity contribution in [2.24, 2.45) is 0 Å². The van der Waals surface area contributed by atoms with E-state index in [1.54, 1.807) is 12.3 Å². The number of nitrogens with zero attached hydrogens (tertiary/aromatic N) is 2. The predicted molar refractivity (Wildman–Crippen MR) is 66.2 cm³/mol. The highest BCUT2D eigenvalue weighted by Crippen LogP contribution is 2.24. The predicted octanol–water partition coefficient (Wildman–Crippen LogP) is 2.45. The molecule has 3 rings (SSSR count). The summed E-state index contributed by atoms with van der Waals surface area (Å²) in [7, 11) is 0. The fourth-order valence-electron chi connectivity index (χ4n) is 2.24. The first-order valence-electron chi connectivity index (χ1n) is 5.67. The first kappa shape index (κ1) is 10.6. The lowest BCUT2D eigenvalue weighted by atomic mass is 10.1. The summed E-state index contributed by atoms with van der Waals surface area (Å²) in [5.74, 6) is 0.0625. The molecule has 1 amide bonds. The summed E-state index contributed by atoms with van der Waals surface area (Å²) in [5.41, 5.74) is 1.43. The Balaban J connectivity index is 2.01. The highest BCUT2D eigenvalue weighted by Gasteiger charge is 2.20. The summed E-state index contributed by atoms with van der Waals surface area (Å²) < 4.78 is 0. The third-order valence-electron chi connectivity index (χ3n) is 3.14. The number of aromatic nitrogens is 2. The summed E-state index contributed by atoms with van der Waals surface area (Å²) in [6.45, 7) is 1.69. The largest absolute Gasteiger partial charge is 0.339 e. The molecule has 2 aromatic rings. The molecule has 0 saturated carbocycles. The van der Waals surface area contributed by atoms with Gasteiger partial charge in [-0.25, -0.2) is 0 Å². The number of carbonyl (C=O) groups is 1. The molecule has 1 N–H and O–H groups in total. The van der Waals surface area contributed by atoms with Gasteiger partial charge < -0.3 is 4.90 Å². The van der Waals surface area contributed by atoms with E-state index in [0.29, 0.717) is 10.6 Å². The second kappa shape index (κ2) is 4.04. The van der Waals surface area contributed by atoms with Crippen LogP contribution in [0.4, 0.5) is 0 Å². The Bertz CT molecular complexity index is 572. The van der Waals surface area contributed by atoms with Crippen molar-refractivity contribution in [1.82, 2.24) is 15.1 Å². The molecule has 2 heterocycles. The number of aromatic amines is 1. The molecule has 0 radical (unpaired) electrons. The zero-order valence-electron chi connectivity index (χ0n) is 9.24. The van der Waals surface area contributed by atoms with Gasteiger partial charge >= 0.3 is 0 Å². The molecule has 4 nitrogen and oxygen atoms in total. The van der Waals surface area contributed by atoms with Crippen molar-refractivity contribution in [1.29, 1.82) is 0 Å². The van der Waals surface area contributed by atoms with E-state index < -0.39 is 0 Å². The molecule has 1 aliphatic heterocycles. The Morgan fingerprint density at radius 1 is 1.35 bits per heavy atom. The third kappa shape index (κ3) is 1.78. The summed E-state index contributed by atoms with van der Waals surface area (Å²) in [6.07, 6.45) is 3.86. The van der Waals surface area contributed by atoms with Crippen LogP contribution in [-0.4, -0.2) is 34.1 Å². The molecule has 0 spiro atoms. The molecule has 17 heavy (non-hydrogen) atoms. The molecule has 0 unspecified atom stereocenters. The van der Waals surface area contributed by atoms with Gasteiger partial charge in [0.05, 0.1) is 16.7 Å². The molecule has 1 aromatic heterocycles. The van der Waals surface area contributed by atoms with Crippen LogP contribution in [0.25, 0.3) is 10.9 Å². The summed E-state index contributed by atoms with van der Waals surface area (Å²) in [5, 5.41) is 8.16. The fraction of sp³-hybridized carbons (Fsp3) is 0.333. The van der Waals surface area contributed by atoms with E-state index in [-0.39, 0.29) is 5.91 Å². The van der Waals surface area contributed by atoms with Crippen LogP contribution < -0.4 is 0 Å². The van der Waals surface area contributed by atoms with Crippen molar-refractivity contribution >= 4 is 28.4 Å². The van der Waals surface area contributed by atoms with E-state index in [0.717, 1.165) is 36.8 Å². The average Bonchev–Trinajstić information content (AvgIpc) is 2.98. The van der Waals surface area contributed by atoms with Crippen molar-refractivity contribution in [2.45, 2.75) is 12.8 Å². The Morgan fingerprint density at radius 2 is 2.12 bits per heavy atom. The van der Waals surface area contributed by atoms with Crippen LogP contribution in [0.3, 0.4) is 0 Å². The fourth-order valence-corrected chi connectivity index (χ4v) is 2.51. The first-order chi connectivity index (χ1) is 8.25. The number of hydrogen-bond donors (Lipinski definition) is 1. The third-order valence-corrected chi connectivity index (χ3v) is 3.44. The summed E-state index contributed by atoms with van der Waals surface area (Å²) >= 11 is 6.11. The maximum atomic E-state index is 12.2. The lowest BCUT2D eigenvalue weighted by Crippen LogP contribution is -2.27. The summed E-state index contributed by atoms with van der Waals surface area (Å²) in [4.78, 5) is 14.1. The van der Waals surface area contributed by atoms with E-state index in [2.05, 4.69) is 10.2 Å². The Kier molecular flexibility index (Phi) is 2.52. The van der Waals surface area contributed by atoms with E-state index in [4.69, 9.17) is 11.6 Å². The number of benzene rings is 1. The molecule has 88 valence electrons. The average molecular weight is 250 g/mol. The maximum absolute atomic E-state index is 12.2. The molecule has 1 aliphatic rings. The second-order valence-electron chi connectivity index (χ2n) is 4.29. The molecule has 0 bridgehead atoms. The first-order valence-corrected chi connectivity index (χ1v) is 6.05. The minimum absolute atomic E-state index is 0.0625. The van der Waals surface area contributed by atoms with Gasteiger partial charge in [0.2, 0.25) is 0 Å². The smallest absolute Gasteiger partial charge is 0.253 e. The van der Waals surface area contributed by atoms with E-state index in [1.807, 2.05) is 11.0 Å². The van der Waals surface area contributed by atoms with Gasteiger partial charge in [-0.15, -0.1) is 0 Å². The Hall–Kier alpha value is -1.55. The highest BCUT2D eigenvalue weighted by molar-refractivity contribution is 6.35. The van der Waals surface area contributed by atoms with Gasteiger partial charge in [-0.2, -0.15) is 5.10 Å². The highest BCUT2D eigenvalue weighted by atomic mass is 35.5. The number of hydrogen-bond acceptors (Lipinski definition) is 2. The number of fused-ring (bicyclic) bond motifs is 1.